The molecule has 1 aromatic rings. The maximum absolute atomic E-state index is 14.0. The fourth-order valence-corrected chi connectivity index (χ4v) is 2.07. The van der Waals surface area contributed by atoms with Gasteiger partial charge in [-0.25, -0.2) is 19.0 Å². The zero-order chi connectivity index (χ0) is 17.2. The van der Waals surface area contributed by atoms with Crippen LogP contribution in [-0.2, 0) is 4.74 Å². The van der Waals surface area contributed by atoms with Gasteiger partial charge in [-0.05, 0) is 32.9 Å². The van der Waals surface area contributed by atoms with Gasteiger partial charge in [0.25, 0.3) is 0 Å². The molecule has 0 spiro atoms. The first-order valence-electron chi connectivity index (χ1n) is 7.14. The summed E-state index contributed by atoms with van der Waals surface area (Å²) in [7, 11) is 0. The molecule has 2 heterocycles. The molecule has 1 amide bonds. The minimum atomic E-state index is -1.36. The highest BCUT2D eigenvalue weighted by Crippen LogP contribution is 2.22. The summed E-state index contributed by atoms with van der Waals surface area (Å²) >= 11 is 0. The third-order valence-electron chi connectivity index (χ3n) is 3.09. The topological polar surface area (TPSA) is 89.0 Å². The Balaban J connectivity index is 1.96. The highest BCUT2D eigenvalue weighted by atomic mass is 19.1. The van der Waals surface area contributed by atoms with Gasteiger partial charge in [0.05, 0.1) is 19.3 Å². The number of carboxylic acid groups (broad SMARTS) is 1. The number of pyridine rings is 1. The Hall–Kier alpha value is -2.38. The van der Waals surface area contributed by atoms with Gasteiger partial charge < -0.3 is 19.5 Å². The van der Waals surface area contributed by atoms with E-state index in [1.165, 1.54) is 23.2 Å². The van der Waals surface area contributed by atoms with Crippen LogP contribution >= 0.6 is 0 Å². The molecule has 1 saturated heterocycles. The van der Waals surface area contributed by atoms with Gasteiger partial charge in [-0.2, -0.15) is 0 Å². The number of aromatic carboxylic acids is 1. The minimum absolute atomic E-state index is 0.0523. The molecule has 1 aliphatic rings. The van der Waals surface area contributed by atoms with Gasteiger partial charge in [0, 0.05) is 0 Å². The van der Waals surface area contributed by atoms with Gasteiger partial charge in [0.1, 0.15) is 23.1 Å². The normalized spacial score (nSPS) is 21.1. The van der Waals surface area contributed by atoms with Gasteiger partial charge in [0.2, 0.25) is 0 Å². The second-order valence-corrected chi connectivity index (χ2v) is 6.24. The number of nitrogens with zero attached hydrogens (tertiary/aromatic N) is 2. The Morgan fingerprint density at radius 3 is 2.57 bits per heavy atom. The van der Waals surface area contributed by atoms with Crippen LogP contribution in [0.4, 0.5) is 9.18 Å². The number of carbonyl (C=O) groups excluding carboxylic acids is 1. The standard InChI is InChI=1S/C15H19FN2O5/c1-15(2,3)23-14(21)18-7-10(16)12(8-18)22-9-4-5-11(13(19)20)17-6-9/h4-6,10,12H,7-8H2,1-3H3,(H,19,20)/t10-,12+/m0/s1. The maximum atomic E-state index is 14.0. The summed E-state index contributed by atoms with van der Waals surface area (Å²) in [5.41, 5.74) is -0.783. The van der Waals surface area contributed by atoms with Crippen molar-refractivity contribution in [1.29, 1.82) is 0 Å². The van der Waals surface area contributed by atoms with E-state index in [1.807, 2.05) is 0 Å². The molecule has 2 rings (SSSR count). The lowest BCUT2D eigenvalue weighted by molar-refractivity contribution is 0.0273. The van der Waals surface area contributed by atoms with Crippen molar-refractivity contribution in [3.05, 3.63) is 24.0 Å². The number of carbonyl (C=O) groups is 2. The molecule has 0 aliphatic carbocycles. The van der Waals surface area contributed by atoms with Crippen molar-refractivity contribution >= 4 is 12.1 Å². The van der Waals surface area contributed by atoms with E-state index < -0.39 is 29.9 Å². The fourth-order valence-electron chi connectivity index (χ4n) is 2.07. The Labute approximate surface area is 133 Å². The van der Waals surface area contributed by atoms with Gasteiger partial charge in [0.15, 0.2) is 6.17 Å². The molecule has 0 unspecified atom stereocenters. The number of carboxylic acids is 1. The first-order chi connectivity index (χ1) is 10.7. The summed E-state index contributed by atoms with van der Waals surface area (Å²) < 4.78 is 24.7. The van der Waals surface area contributed by atoms with Crippen LogP contribution in [-0.4, -0.2) is 58.0 Å². The summed E-state index contributed by atoms with van der Waals surface area (Å²) in [6.07, 6.45) is -1.58. The molecule has 1 aromatic heterocycles. The van der Waals surface area contributed by atoms with Crippen LogP contribution in [0.25, 0.3) is 0 Å². The summed E-state index contributed by atoms with van der Waals surface area (Å²) in [5, 5.41) is 8.77. The molecule has 23 heavy (non-hydrogen) atoms. The van der Waals surface area contributed by atoms with Crippen LogP contribution in [0, 0.1) is 0 Å². The number of likely N-dealkylation sites (tertiary alicyclic amines) is 1. The van der Waals surface area contributed by atoms with E-state index in [0.717, 1.165) is 0 Å². The van der Waals surface area contributed by atoms with Gasteiger partial charge in [-0.3, -0.25) is 0 Å². The quantitative estimate of drug-likeness (QED) is 0.915. The van der Waals surface area contributed by atoms with E-state index >= 15 is 0 Å². The van der Waals surface area contributed by atoms with E-state index in [-0.39, 0.29) is 24.5 Å². The number of ether oxygens (including phenoxy) is 2. The molecule has 0 radical (unpaired) electrons. The molecule has 1 fully saturated rings. The van der Waals surface area contributed by atoms with Crippen molar-refractivity contribution in [2.45, 2.75) is 38.6 Å². The first kappa shape index (κ1) is 17.0. The van der Waals surface area contributed by atoms with Crippen LogP contribution < -0.4 is 4.74 Å². The first-order valence-corrected chi connectivity index (χ1v) is 7.14. The Kier molecular flexibility index (Phi) is 4.72. The highest BCUT2D eigenvalue weighted by molar-refractivity contribution is 5.85. The lowest BCUT2D eigenvalue weighted by Gasteiger charge is -2.24. The Morgan fingerprint density at radius 2 is 2.04 bits per heavy atom. The van der Waals surface area contributed by atoms with Crippen LogP contribution in [0.2, 0.25) is 0 Å². The van der Waals surface area contributed by atoms with Crippen molar-refractivity contribution in [1.82, 2.24) is 9.88 Å². The van der Waals surface area contributed by atoms with Gasteiger partial charge in [-0.1, -0.05) is 0 Å². The number of halogens is 1. The third kappa shape index (κ3) is 4.54. The summed E-state index contributed by atoms with van der Waals surface area (Å²) in [6.45, 7) is 5.14. The molecule has 0 saturated carbocycles. The largest absolute Gasteiger partial charge is 0.484 e. The number of hydrogen-bond donors (Lipinski definition) is 1. The number of rotatable bonds is 3. The van der Waals surface area contributed by atoms with Gasteiger partial charge in [-0.15, -0.1) is 0 Å². The molecule has 8 heteroatoms. The lowest BCUT2D eigenvalue weighted by Crippen LogP contribution is -2.36. The molecule has 2 atom stereocenters. The second kappa shape index (κ2) is 6.39. The van der Waals surface area contributed by atoms with Crippen LogP contribution in [0.1, 0.15) is 31.3 Å². The van der Waals surface area contributed by atoms with E-state index in [2.05, 4.69) is 4.98 Å². The number of hydrogen-bond acceptors (Lipinski definition) is 5. The SMILES string of the molecule is CC(C)(C)OC(=O)N1C[C@H](F)[C@H](Oc2ccc(C(=O)O)nc2)C1. The number of amides is 1. The van der Waals surface area contributed by atoms with E-state index in [0.29, 0.717) is 0 Å². The second-order valence-electron chi connectivity index (χ2n) is 6.24. The molecular formula is C15H19FN2O5. The monoisotopic (exact) mass is 326 g/mol. The lowest BCUT2D eigenvalue weighted by atomic mass is 10.2. The summed E-state index contributed by atoms with van der Waals surface area (Å²) in [6, 6.07) is 2.67. The molecule has 7 nitrogen and oxygen atoms in total. The smallest absolute Gasteiger partial charge is 0.410 e. The van der Waals surface area contributed by atoms with Crippen molar-refractivity contribution in [2.75, 3.05) is 13.1 Å². The Morgan fingerprint density at radius 1 is 1.35 bits per heavy atom. The number of aromatic nitrogens is 1. The predicted octanol–water partition coefficient (Wildman–Crippen LogP) is 2.12. The highest BCUT2D eigenvalue weighted by Gasteiger charge is 2.39. The Bertz CT molecular complexity index is 585. The third-order valence-corrected chi connectivity index (χ3v) is 3.09. The van der Waals surface area contributed by atoms with Crippen molar-refractivity contribution in [2.24, 2.45) is 0 Å². The zero-order valence-electron chi connectivity index (χ0n) is 13.2. The molecule has 0 bridgehead atoms. The average molecular weight is 326 g/mol. The zero-order valence-corrected chi connectivity index (χ0v) is 13.2. The summed E-state index contributed by atoms with van der Waals surface area (Å²) in [5.74, 6) is -0.912. The molecule has 1 aliphatic heterocycles. The van der Waals surface area contributed by atoms with E-state index in [9.17, 15) is 14.0 Å². The van der Waals surface area contributed by atoms with E-state index in [1.54, 1.807) is 20.8 Å². The predicted molar refractivity (Wildman–Crippen MR) is 78.3 cm³/mol. The molecule has 1 N–H and O–H groups in total. The average Bonchev–Trinajstić information content (AvgIpc) is 2.79. The molecule has 126 valence electrons. The maximum Gasteiger partial charge on any atom is 0.410 e. The van der Waals surface area contributed by atoms with Gasteiger partial charge >= 0.3 is 12.1 Å². The minimum Gasteiger partial charge on any atom is -0.484 e. The fraction of sp³-hybridized carbons (Fsp3) is 0.533. The van der Waals surface area contributed by atoms with Crippen molar-refractivity contribution < 1.29 is 28.6 Å². The molecule has 0 aromatic carbocycles. The van der Waals surface area contributed by atoms with Crippen molar-refractivity contribution in [3.63, 3.8) is 0 Å². The van der Waals surface area contributed by atoms with Crippen molar-refractivity contribution in [3.8, 4) is 5.75 Å². The summed E-state index contributed by atoms with van der Waals surface area (Å²) in [4.78, 5) is 27.6. The number of alkyl halides is 1. The van der Waals surface area contributed by atoms with Crippen LogP contribution in [0.3, 0.4) is 0 Å². The van der Waals surface area contributed by atoms with Crippen LogP contribution in [0.15, 0.2) is 18.3 Å². The molecular weight excluding hydrogens is 307 g/mol. The van der Waals surface area contributed by atoms with Crippen LogP contribution in [0.5, 0.6) is 5.75 Å². The van der Waals surface area contributed by atoms with E-state index in [4.69, 9.17) is 14.6 Å².